The minimum atomic E-state index is -1.07. The molecule has 0 aliphatic carbocycles. The van der Waals surface area contributed by atoms with Crippen molar-refractivity contribution in [2.45, 2.75) is 32.2 Å². The number of hydrogen-bond acceptors (Lipinski definition) is 2. The van der Waals surface area contributed by atoms with Gasteiger partial charge in [-0.25, -0.2) is 9.59 Å². The van der Waals surface area contributed by atoms with Crippen LogP contribution in [0.15, 0.2) is 54.6 Å². The lowest BCUT2D eigenvalue weighted by molar-refractivity contribution is -0.139. The largest absolute Gasteiger partial charge is 0.480 e. The number of carboxylic acid groups (broad SMARTS) is 1. The highest BCUT2D eigenvalue weighted by Gasteiger charge is 2.20. The van der Waals surface area contributed by atoms with Gasteiger partial charge in [0, 0.05) is 12.1 Å². The van der Waals surface area contributed by atoms with E-state index in [4.69, 9.17) is 0 Å². The first-order chi connectivity index (χ1) is 11.5. The molecule has 0 radical (unpaired) electrons. The molecule has 3 N–H and O–H groups in total. The Balaban J connectivity index is 1.96. The molecule has 2 amide bonds. The van der Waals surface area contributed by atoms with Crippen LogP contribution in [0.25, 0.3) is 0 Å². The summed E-state index contributed by atoms with van der Waals surface area (Å²) in [5, 5.41) is 14.5. The van der Waals surface area contributed by atoms with Crippen molar-refractivity contribution in [2.24, 2.45) is 0 Å². The SMILES string of the molecule is CC(C)c1ccc(NC(=O)N[C@@H](Cc2ccccc2)C(=O)O)cc1. The van der Waals surface area contributed by atoms with Crippen molar-refractivity contribution in [3.05, 3.63) is 65.7 Å². The van der Waals surface area contributed by atoms with Gasteiger partial charge in [-0.3, -0.25) is 0 Å². The van der Waals surface area contributed by atoms with Gasteiger partial charge in [0.15, 0.2) is 0 Å². The Hall–Kier alpha value is -2.82. The summed E-state index contributed by atoms with van der Waals surface area (Å²) in [6.45, 7) is 4.19. The van der Waals surface area contributed by atoms with Crippen LogP contribution in [-0.2, 0) is 11.2 Å². The van der Waals surface area contributed by atoms with Crippen molar-refractivity contribution in [3.8, 4) is 0 Å². The second kappa shape index (κ2) is 8.15. The van der Waals surface area contributed by atoms with E-state index in [1.807, 2.05) is 54.6 Å². The van der Waals surface area contributed by atoms with Gasteiger partial charge < -0.3 is 15.7 Å². The average molecular weight is 326 g/mol. The molecule has 126 valence electrons. The Labute approximate surface area is 141 Å². The molecule has 0 aromatic heterocycles. The highest BCUT2D eigenvalue weighted by molar-refractivity contribution is 5.92. The fourth-order valence-corrected chi connectivity index (χ4v) is 2.33. The second-order valence-corrected chi connectivity index (χ2v) is 5.96. The topological polar surface area (TPSA) is 78.4 Å². The highest BCUT2D eigenvalue weighted by Crippen LogP contribution is 2.17. The van der Waals surface area contributed by atoms with Crippen LogP contribution in [-0.4, -0.2) is 23.1 Å². The summed E-state index contributed by atoms with van der Waals surface area (Å²) in [6, 6.07) is 15.2. The van der Waals surface area contributed by atoms with Crippen LogP contribution >= 0.6 is 0 Å². The molecule has 0 fully saturated rings. The molecule has 0 heterocycles. The number of carbonyl (C=O) groups is 2. The molecule has 1 atom stereocenters. The molecule has 0 saturated carbocycles. The van der Waals surface area contributed by atoms with Crippen LogP contribution in [0.5, 0.6) is 0 Å². The Morgan fingerprint density at radius 1 is 1.00 bits per heavy atom. The zero-order valence-electron chi connectivity index (χ0n) is 13.8. The Kier molecular flexibility index (Phi) is 5.95. The summed E-state index contributed by atoms with van der Waals surface area (Å²) in [6.07, 6.45) is 0.232. The van der Waals surface area contributed by atoms with E-state index in [1.165, 1.54) is 5.56 Å². The van der Waals surface area contributed by atoms with E-state index < -0.39 is 18.0 Å². The van der Waals surface area contributed by atoms with Crippen LogP contribution < -0.4 is 10.6 Å². The monoisotopic (exact) mass is 326 g/mol. The first-order valence-electron chi connectivity index (χ1n) is 7.90. The molecule has 0 unspecified atom stereocenters. The molecule has 2 aromatic rings. The molecule has 0 spiro atoms. The third-order valence-electron chi connectivity index (χ3n) is 3.72. The summed E-state index contributed by atoms with van der Waals surface area (Å²) in [7, 11) is 0. The summed E-state index contributed by atoms with van der Waals surface area (Å²) < 4.78 is 0. The Morgan fingerprint density at radius 3 is 2.17 bits per heavy atom. The molecular weight excluding hydrogens is 304 g/mol. The number of benzene rings is 2. The van der Waals surface area contributed by atoms with Gasteiger partial charge in [-0.1, -0.05) is 56.3 Å². The van der Waals surface area contributed by atoms with E-state index in [0.29, 0.717) is 11.6 Å². The molecule has 0 bridgehead atoms. The van der Waals surface area contributed by atoms with Crippen molar-refractivity contribution < 1.29 is 14.7 Å². The van der Waals surface area contributed by atoms with Crippen molar-refractivity contribution in [3.63, 3.8) is 0 Å². The molecule has 2 rings (SSSR count). The van der Waals surface area contributed by atoms with Gasteiger partial charge in [0.2, 0.25) is 0 Å². The Morgan fingerprint density at radius 2 is 1.62 bits per heavy atom. The van der Waals surface area contributed by atoms with Gasteiger partial charge in [-0.2, -0.15) is 0 Å². The molecular formula is C19H22N2O3. The van der Waals surface area contributed by atoms with E-state index in [9.17, 15) is 14.7 Å². The highest BCUT2D eigenvalue weighted by atomic mass is 16.4. The fourth-order valence-electron chi connectivity index (χ4n) is 2.33. The number of nitrogens with one attached hydrogen (secondary N) is 2. The fraction of sp³-hybridized carbons (Fsp3) is 0.263. The van der Waals surface area contributed by atoms with Crippen LogP contribution in [0.2, 0.25) is 0 Å². The van der Waals surface area contributed by atoms with Crippen LogP contribution in [0.1, 0.15) is 30.9 Å². The molecule has 0 aliphatic heterocycles. The Bertz CT molecular complexity index is 682. The first-order valence-corrected chi connectivity index (χ1v) is 7.90. The number of anilines is 1. The van der Waals surface area contributed by atoms with E-state index in [2.05, 4.69) is 24.5 Å². The van der Waals surface area contributed by atoms with Gasteiger partial charge in [0.1, 0.15) is 6.04 Å². The van der Waals surface area contributed by atoms with Gasteiger partial charge in [-0.05, 0) is 29.2 Å². The number of urea groups is 1. The minimum Gasteiger partial charge on any atom is -0.480 e. The van der Waals surface area contributed by atoms with Gasteiger partial charge in [0.05, 0.1) is 0 Å². The van der Waals surface area contributed by atoms with Crippen LogP contribution in [0.3, 0.4) is 0 Å². The molecule has 0 saturated heterocycles. The number of carboxylic acids is 1. The van der Waals surface area contributed by atoms with Crippen LogP contribution in [0.4, 0.5) is 10.5 Å². The summed E-state index contributed by atoms with van der Waals surface area (Å²) in [5.41, 5.74) is 2.65. The first kappa shape index (κ1) is 17.5. The maximum Gasteiger partial charge on any atom is 0.326 e. The summed E-state index contributed by atoms with van der Waals surface area (Å²) in [5.74, 6) is -0.653. The lowest BCUT2D eigenvalue weighted by atomic mass is 10.0. The third kappa shape index (κ3) is 5.12. The molecule has 24 heavy (non-hydrogen) atoms. The zero-order valence-corrected chi connectivity index (χ0v) is 13.8. The van der Waals surface area contributed by atoms with E-state index in [-0.39, 0.29) is 6.42 Å². The van der Waals surface area contributed by atoms with Gasteiger partial charge in [-0.15, -0.1) is 0 Å². The third-order valence-corrected chi connectivity index (χ3v) is 3.72. The smallest absolute Gasteiger partial charge is 0.326 e. The van der Waals surface area contributed by atoms with Gasteiger partial charge in [0.25, 0.3) is 0 Å². The zero-order chi connectivity index (χ0) is 17.5. The summed E-state index contributed by atoms with van der Waals surface area (Å²) >= 11 is 0. The predicted molar refractivity (Wildman–Crippen MR) is 94.3 cm³/mol. The normalized spacial score (nSPS) is 11.8. The number of aliphatic carboxylic acids is 1. The van der Waals surface area contributed by atoms with Crippen molar-refractivity contribution in [1.29, 1.82) is 0 Å². The summed E-state index contributed by atoms with van der Waals surface area (Å²) in [4.78, 5) is 23.4. The van der Waals surface area contributed by atoms with E-state index in [1.54, 1.807) is 0 Å². The lowest BCUT2D eigenvalue weighted by Crippen LogP contribution is -2.44. The predicted octanol–water partition coefficient (Wildman–Crippen LogP) is 3.63. The van der Waals surface area contributed by atoms with Crippen molar-refractivity contribution in [1.82, 2.24) is 5.32 Å². The van der Waals surface area contributed by atoms with Crippen molar-refractivity contribution >= 4 is 17.7 Å². The van der Waals surface area contributed by atoms with E-state index in [0.717, 1.165) is 5.56 Å². The molecule has 5 nitrogen and oxygen atoms in total. The standard InChI is InChI=1S/C19H22N2O3/c1-13(2)15-8-10-16(11-9-15)20-19(24)21-17(18(22)23)12-14-6-4-3-5-7-14/h3-11,13,17H,12H2,1-2H3,(H,22,23)(H2,20,21,24)/t17-/m0/s1. The number of amides is 2. The molecule has 0 aliphatic rings. The lowest BCUT2D eigenvalue weighted by Gasteiger charge is -2.15. The van der Waals surface area contributed by atoms with Gasteiger partial charge >= 0.3 is 12.0 Å². The maximum absolute atomic E-state index is 12.1. The number of hydrogen-bond donors (Lipinski definition) is 3. The van der Waals surface area contributed by atoms with Crippen molar-refractivity contribution in [2.75, 3.05) is 5.32 Å². The number of rotatable bonds is 6. The average Bonchev–Trinajstić information content (AvgIpc) is 2.55. The second-order valence-electron chi connectivity index (χ2n) is 5.96. The molecule has 2 aromatic carbocycles. The molecule has 5 heteroatoms. The number of carbonyl (C=O) groups excluding carboxylic acids is 1. The van der Waals surface area contributed by atoms with E-state index >= 15 is 0 Å². The minimum absolute atomic E-state index is 0.232. The van der Waals surface area contributed by atoms with Crippen LogP contribution in [0, 0.1) is 0 Å². The maximum atomic E-state index is 12.1. The quantitative estimate of drug-likeness (QED) is 0.758.